The predicted octanol–water partition coefficient (Wildman–Crippen LogP) is 2.97. The molecule has 1 aliphatic heterocycles. The molecule has 0 saturated heterocycles. The van der Waals surface area contributed by atoms with Crippen LogP contribution in [0.2, 0.25) is 0 Å². The zero-order valence-electron chi connectivity index (χ0n) is 18.8. The van der Waals surface area contributed by atoms with Crippen LogP contribution in [0.5, 0.6) is 11.5 Å². The van der Waals surface area contributed by atoms with Gasteiger partial charge in [-0.3, -0.25) is 14.5 Å². The number of ether oxygens (including phenoxy) is 2. The van der Waals surface area contributed by atoms with Gasteiger partial charge < -0.3 is 19.7 Å². The number of fused-ring (bicyclic) bond motifs is 1. The highest BCUT2D eigenvalue weighted by molar-refractivity contribution is 5.93. The fourth-order valence-electron chi connectivity index (χ4n) is 3.43. The van der Waals surface area contributed by atoms with E-state index in [1.54, 1.807) is 31.3 Å². The molecule has 2 amide bonds. The molecule has 0 bridgehead atoms. The average molecular weight is 461 g/mol. The van der Waals surface area contributed by atoms with Gasteiger partial charge in [-0.05, 0) is 37.7 Å². The number of hydrogen-bond donors (Lipinski definition) is 1. The van der Waals surface area contributed by atoms with Gasteiger partial charge in [0.05, 0.1) is 20.3 Å². The normalized spacial score (nSPS) is 13.6. The number of para-hydroxylation sites is 1. The minimum atomic E-state index is -0.149. The maximum Gasteiger partial charge on any atom is 0.246 e. The van der Waals surface area contributed by atoms with E-state index in [0.717, 1.165) is 16.7 Å². The molecule has 1 aliphatic rings. The van der Waals surface area contributed by atoms with Crippen molar-refractivity contribution in [3.8, 4) is 11.5 Å². The van der Waals surface area contributed by atoms with E-state index in [1.165, 1.54) is 6.08 Å². The third-order valence-electron chi connectivity index (χ3n) is 4.87. The topological polar surface area (TPSA) is 84.0 Å². The van der Waals surface area contributed by atoms with Crippen molar-refractivity contribution in [3.05, 3.63) is 53.2 Å². The number of halogens is 1. The molecule has 9 heteroatoms. The standard InChI is InChI=1S/C23H28N4O4.ClH/c1-5-31-19-8-6-7-17(22(19)30-4)14-27(3)21(29)10-9-16-11-18-13-26(2)15-20(28)25-23(18)24-12-16;/h6-12H,5,13-15H2,1-4H3,(H,24,25,28);1H. The number of likely N-dealkylation sites (N-methyl/N-ethyl adjacent to an activating group) is 2. The largest absolute Gasteiger partial charge is 0.493 e. The first-order chi connectivity index (χ1) is 14.9. The Bertz CT molecular complexity index is 996. The van der Waals surface area contributed by atoms with Crippen LogP contribution in [0.4, 0.5) is 5.82 Å². The van der Waals surface area contributed by atoms with Gasteiger partial charge in [0.15, 0.2) is 11.5 Å². The second-order valence-corrected chi connectivity index (χ2v) is 7.41. The third-order valence-corrected chi connectivity index (χ3v) is 4.87. The summed E-state index contributed by atoms with van der Waals surface area (Å²) >= 11 is 0. The molecule has 0 fully saturated rings. The van der Waals surface area contributed by atoms with E-state index in [4.69, 9.17) is 9.47 Å². The molecule has 0 radical (unpaired) electrons. The highest BCUT2D eigenvalue weighted by Crippen LogP contribution is 2.31. The van der Waals surface area contributed by atoms with Crippen LogP contribution in [-0.2, 0) is 22.7 Å². The van der Waals surface area contributed by atoms with Gasteiger partial charge in [0.2, 0.25) is 11.8 Å². The molecule has 1 aromatic heterocycles. The number of rotatable bonds is 7. The molecule has 0 atom stereocenters. The van der Waals surface area contributed by atoms with Crippen molar-refractivity contribution in [2.75, 3.05) is 39.7 Å². The molecule has 0 unspecified atom stereocenters. The molecule has 2 heterocycles. The quantitative estimate of drug-likeness (QED) is 0.639. The highest BCUT2D eigenvalue weighted by atomic mass is 35.5. The molecule has 0 saturated carbocycles. The van der Waals surface area contributed by atoms with Crippen molar-refractivity contribution in [3.63, 3.8) is 0 Å². The number of aromatic nitrogens is 1. The maximum absolute atomic E-state index is 12.7. The molecular weight excluding hydrogens is 432 g/mol. The minimum absolute atomic E-state index is 0. The zero-order chi connectivity index (χ0) is 22.4. The summed E-state index contributed by atoms with van der Waals surface area (Å²) in [6, 6.07) is 7.58. The van der Waals surface area contributed by atoms with Crippen molar-refractivity contribution in [2.24, 2.45) is 0 Å². The van der Waals surface area contributed by atoms with Gasteiger partial charge in [-0.25, -0.2) is 4.98 Å². The lowest BCUT2D eigenvalue weighted by molar-refractivity contribution is -0.125. The Labute approximate surface area is 194 Å². The number of nitrogens with one attached hydrogen (secondary N) is 1. The first kappa shape index (κ1) is 25.2. The monoisotopic (exact) mass is 460 g/mol. The summed E-state index contributed by atoms with van der Waals surface area (Å²) in [5.41, 5.74) is 2.57. The summed E-state index contributed by atoms with van der Waals surface area (Å²) in [4.78, 5) is 32.3. The summed E-state index contributed by atoms with van der Waals surface area (Å²) in [7, 11) is 5.21. The van der Waals surface area contributed by atoms with Gasteiger partial charge in [0, 0.05) is 43.5 Å². The van der Waals surface area contributed by atoms with Crippen LogP contribution in [0, 0.1) is 0 Å². The van der Waals surface area contributed by atoms with E-state index in [0.29, 0.717) is 43.6 Å². The molecule has 0 aliphatic carbocycles. The van der Waals surface area contributed by atoms with E-state index >= 15 is 0 Å². The van der Waals surface area contributed by atoms with E-state index < -0.39 is 0 Å². The Morgan fingerprint density at radius 3 is 2.84 bits per heavy atom. The molecule has 1 N–H and O–H groups in total. The molecule has 3 rings (SSSR count). The second-order valence-electron chi connectivity index (χ2n) is 7.41. The van der Waals surface area contributed by atoms with Crippen LogP contribution >= 0.6 is 12.4 Å². The third kappa shape index (κ3) is 6.21. The first-order valence-corrected chi connectivity index (χ1v) is 10.1. The van der Waals surface area contributed by atoms with Crippen molar-refractivity contribution in [1.82, 2.24) is 14.8 Å². The number of benzene rings is 1. The number of pyridine rings is 1. The molecule has 1 aromatic carbocycles. The van der Waals surface area contributed by atoms with Gasteiger partial charge in [-0.1, -0.05) is 12.1 Å². The van der Waals surface area contributed by atoms with Crippen LogP contribution in [0.1, 0.15) is 23.6 Å². The lowest BCUT2D eigenvalue weighted by Gasteiger charge is -2.19. The average Bonchev–Trinajstić information content (AvgIpc) is 2.88. The van der Waals surface area contributed by atoms with Gasteiger partial charge in [-0.2, -0.15) is 0 Å². The van der Waals surface area contributed by atoms with Gasteiger partial charge in [-0.15, -0.1) is 12.4 Å². The number of methoxy groups -OCH3 is 1. The van der Waals surface area contributed by atoms with E-state index in [2.05, 4.69) is 10.3 Å². The minimum Gasteiger partial charge on any atom is -0.493 e. The van der Waals surface area contributed by atoms with Crippen LogP contribution in [0.15, 0.2) is 36.5 Å². The molecule has 172 valence electrons. The van der Waals surface area contributed by atoms with E-state index in [1.807, 2.05) is 43.1 Å². The molecule has 8 nitrogen and oxygen atoms in total. The summed E-state index contributed by atoms with van der Waals surface area (Å²) in [5, 5.41) is 2.80. The van der Waals surface area contributed by atoms with Crippen LogP contribution in [0.3, 0.4) is 0 Å². The number of nitrogens with zero attached hydrogens (tertiary/aromatic N) is 3. The lowest BCUT2D eigenvalue weighted by Crippen LogP contribution is -2.26. The number of hydrogen-bond acceptors (Lipinski definition) is 6. The number of carbonyl (C=O) groups is 2. The second kappa shape index (κ2) is 11.5. The van der Waals surface area contributed by atoms with Crippen molar-refractivity contribution in [2.45, 2.75) is 20.0 Å². The Kier molecular flexibility index (Phi) is 9.04. The lowest BCUT2D eigenvalue weighted by atomic mass is 10.1. The molecule has 2 aromatic rings. The van der Waals surface area contributed by atoms with Crippen molar-refractivity contribution < 1.29 is 19.1 Å². The zero-order valence-corrected chi connectivity index (χ0v) is 19.6. The summed E-state index contributed by atoms with van der Waals surface area (Å²) in [6.07, 6.45) is 4.89. The summed E-state index contributed by atoms with van der Waals surface area (Å²) in [6.45, 7) is 3.75. The van der Waals surface area contributed by atoms with E-state index in [-0.39, 0.29) is 24.2 Å². The smallest absolute Gasteiger partial charge is 0.246 e. The molecule has 32 heavy (non-hydrogen) atoms. The Hall–Kier alpha value is -3.10. The van der Waals surface area contributed by atoms with E-state index in [9.17, 15) is 9.59 Å². The maximum atomic E-state index is 12.7. The fourth-order valence-corrected chi connectivity index (χ4v) is 3.43. The molecule has 0 spiro atoms. The van der Waals surface area contributed by atoms with Crippen LogP contribution < -0.4 is 14.8 Å². The predicted molar refractivity (Wildman–Crippen MR) is 126 cm³/mol. The molecular formula is C23H29ClN4O4. The van der Waals surface area contributed by atoms with Gasteiger partial charge in [0.25, 0.3) is 0 Å². The highest BCUT2D eigenvalue weighted by Gasteiger charge is 2.18. The number of anilines is 1. The fraction of sp³-hybridized carbons (Fsp3) is 0.348. The van der Waals surface area contributed by atoms with Gasteiger partial charge >= 0.3 is 0 Å². The SMILES string of the molecule is CCOc1cccc(CN(C)C(=O)C=Cc2cnc3c(c2)CN(C)CC(=O)N3)c1OC.Cl. The summed E-state index contributed by atoms with van der Waals surface area (Å²) < 4.78 is 11.1. The van der Waals surface area contributed by atoms with Crippen molar-refractivity contribution in [1.29, 1.82) is 0 Å². The van der Waals surface area contributed by atoms with Crippen molar-refractivity contribution >= 4 is 36.1 Å². The first-order valence-electron chi connectivity index (χ1n) is 10.1. The van der Waals surface area contributed by atoms with Crippen LogP contribution in [-0.4, -0.2) is 61.0 Å². The Morgan fingerprint density at radius 1 is 1.34 bits per heavy atom. The van der Waals surface area contributed by atoms with Crippen LogP contribution in [0.25, 0.3) is 6.08 Å². The number of amides is 2. The Morgan fingerprint density at radius 2 is 2.12 bits per heavy atom. The number of carbonyl (C=O) groups excluding carboxylic acids is 2. The van der Waals surface area contributed by atoms with Gasteiger partial charge in [0.1, 0.15) is 5.82 Å². The Balaban J connectivity index is 0.00000363. The summed E-state index contributed by atoms with van der Waals surface area (Å²) in [5.74, 6) is 1.62.